The fourth-order valence-electron chi connectivity index (χ4n) is 2.72. The second-order valence-electron chi connectivity index (χ2n) is 6.06. The summed E-state index contributed by atoms with van der Waals surface area (Å²) in [5, 5.41) is 3.25. The number of methoxy groups -OCH3 is 3. The third kappa shape index (κ3) is 4.93. The van der Waals surface area contributed by atoms with Crippen LogP contribution in [0.2, 0.25) is 0 Å². The van der Waals surface area contributed by atoms with E-state index in [1.165, 1.54) is 6.08 Å². The van der Waals surface area contributed by atoms with Crippen molar-refractivity contribution < 1.29 is 19.0 Å². The lowest BCUT2D eigenvalue weighted by molar-refractivity contribution is 0.104. The van der Waals surface area contributed by atoms with Crippen LogP contribution in [0.15, 0.2) is 66.9 Å². The molecule has 0 saturated heterocycles. The molecule has 0 spiro atoms. The number of ketones is 1. The van der Waals surface area contributed by atoms with Crippen LogP contribution in [0.3, 0.4) is 0 Å². The van der Waals surface area contributed by atoms with Gasteiger partial charge in [-0.25, -0.2) is 4.98 Å². The highest BCUT2D eigenvalue weighted by atomic mass is 16.5. The molecule has 0 fully saturated rings. The normalized spacial score (nSPS) is 10.6. The van der Waals surface area contributed by atoms with Crippen molar-refractivity contribution in [2.75, 3.05) is 26.6 Å². The van der Waals surface area contributed by atoms with Crippen molar-refractivity contribution >= 4 is 23.4 Å². The Kier molecular flexibility index (Phi) is 6.47. The van der Waals surface area contributed by atoms with E-state index >= 15 is 0 Å². The van der Waals surface area contributed by atoms with Crippen LogP contribution < -0.4 is 19.5 Å². The molecule has 0 saturated carbocycles. The van der Waals surface area contributed by atoms with Crippen LogP contribution in [-0.2, 0) is 0 Å². The summed E-state index contributed by atoms with van der Waals surface area (Å²) in [7, 11) is 4.76. The van der Waals surface area contributed by atoms with Gasteiger partial charge in [0, 0.05) is 29.1 Å². The van der Waals surface area contributed by atoms with Crippen molar-refractivity contribution in [3.8, 4) is 17.2 Å². The quantitative estimate of drug-likeness (QED) is 0.442. The molecule has 148 valence electrons. The number of ether oxygens (including phenoxy) is 3. The van der Waals surface area contributed by atoms with Gasteiger partial charge in [0.15, 0.2) is 17.3 Å². The van der Waals surface area contributed by atoms with Crippen LogP contribution in [0, 0.1) is 0 Å². The van der Waals surface area contributed by atoms with Gasteiger partial charge in [0.25, 0.3) is 0 Å². The predicted octanol–water partition coefficient (Wildman–Crippen LogP) is 4.75. The van der Waals surface area contributed by atoms with E-state index in [2.05, 4.69) is 10.3 Å². The van der Waals surface area contributed by atoms with Crippen LogP contribution in [0.25, 0.3) is 6.08 Å². The highest BCUT2D eigenvalue weighted by Crippen LogP contribution is 2.31. The fourth-order valence-corrected chi connectivity index (χ4v) is 2.72. The second-order valence-corrected chi connectivity index (χ2v) is 6.06. The number of hydrogen-bond acceptors (Lipinski definition) is 6. The van der Waals surface area contributed by atoms with Crippen molar-refractivity contribution in [2.45, 2.75) is 0 Å². The molecule has 0 radical (unpaired) electrons. The Morgan fingerprint density at radius 3 is 2.38 bits per heavy atom. The number of aromatic nitrogens is 1. The van der Waals surface area contributed by atoms with Crippen LogP contribution >= 0.6 is 0 Å². The molecule has 29 heavy (non-hydrogen) atoms. The van der Waals surface area contributed by atoms with Crippen LogP contribution in [0.5, 0.6) is 17.2 Å². The lowest BCUT2D eigenvalue weighted by Gasteiger charge is -2.12. The minimum atomic E-state index is -0.103. The summed E-state index contributed by atoms with van der Waals surface area (Å²) < 4.78 is 15.7. The Labute approximate surface area is 169 Å². The van der Waals surface area contributed by atoms with E-state index in [0.29, 0.717) is 28.6 Å². The van der Waals surface area contributed by atoms with Gasteiger partial charge in [-0.1, -0.05) is 0 Å². The first-order chi connectivity index (χ1) is 14.1. The third-order valence-corrected chi connectivity index (χ3v) is 4.27. The lowest BCUT2D eigenvalue weighted by Crippen LogP contribution is -1.98. The molecule has 0 amide bonds. The molecular weight excluding hydrogens is 368 g/mol. The summed E-state index contributed by atoms with van der Waals surface area (Å²) in [4.78, 5) is 16.8. The minimum absolute atomic E-state index is 0.103. The van der Waals surface area contributed by atoms with Gasteiger partial charge < -0.3 is 19.5 Å². The van der Waals surface area contributed by atoms with Crippen molar-refractivity contribution in [1.82, 2.24) is 4.98 Å². The fraction of sp³-hybridized carbons (Fsp3) is 0.130. The van der Waals surface area contributed by atoms with E-state index in [1.54, 1.807) is 57.9 Å². The lowest BCUT2D eigenvalue weighted by atomic mass is 10.1. The summed E-state index contributed by atoms with van der Waals surface area (Å²) in [5.41, 5.74) is 2.15. The van der Waals surface area contributed by atoms with Gasteiger partial charge in [0.1, 0.15) is 11.6 Å². The zero-order valence-corrected chi connectivity index (χ0v) is 16.5. The zero-order chi connectivity index (χ0) is 20.6. The number of pyridine rings is 1. The molecule has 3 aromatic rings. The molecule has 1 N–H and O–H groups in total. The number of anilines is 2. The molecule has 0 bridgehead atoms. The van der Waals surface area contributed by atoms with Crippen molar-refractivity contribution in [1.29, 1.82) is 0 Å². The molecule has 2 aromatic carbocycles. The van der Waals surface area contributed by atoms with E-state index in [4.69, 9.17) is 14.2 Å². The SMILES string of the molecule is COc1ccc(C(=O)C=Cc2cccnc2Nc2ccc(OC)c(OC)c2)cc1. The molecular formula is C23H22N2O4. The highest BCUT2D eigenvalue weighted by Gasteiger charge is 2.08. The van der Waals surface area contributed by atoms with E-state index < -0.39 is 0 Å². The zero-order valence-electron chi connectivity index (χ0n) is 16.5. The topological polar surface area (TPSA) is 69.7 Å². The molecule has 0 unspecified atom stereocenters. The Morgan fingerprint density at radius 1 is 0.931 bits per heavy atom. The molecule has 0 aliphatic carbocycles. The van der Waals surface area contributed by atoms with Gasteiger partial charge in [-0.2, -0.15) is 0 Å². The van der Waals surface area contributed by atoms with E-state index in [9.17, 15) is 4.79 Å². The summed E-state index contributed by atoms with van der Waals surface area (Å²) in [6.07, 6.45) is 4.95. The molecule has 1 heterocycles. The Hall–Kier alpha value is -3.80. The van der Waals surface area contributed by atoms with Crippen molar-refractivity contribution in [2.24, 2.45) is 0 Å². The maximum Gasteiger partial charge on any atom is 0.185 e. The van der Waals surface area contributed by atoms with Crippen LogP contribution in [0.4, 0.5) is 11.5 Å². The monoisotopic (exact) mass is 390 g/mol. The molecule has 0 atom stereocenters. The van der Waals surface area contributed by atoms with Crippen LogP contribution in [-0.4, -0.2) is 32.1 Å². The van der Waals surface area contributed by atoms with Gasteiger partial charge in [-0.3, -0.25) is 4.79 Å². The second kappa shape index (κ2) is 9.41. The summed E-state index contributed by atoms with van der Waals surface area (Å²) in [6.45, 7) is 0. The van der Waals surface area contributed by atoms with Crippen molar-refractivity contribution in [3.05, 3.63) is 78.0 Å². The van der Waals surface area contributed by atoms with E-state index in [1.807, 2.05) is 30.3 Å². The number of hydrogen-bond donors (Lipinski definition) is 1. The Morgan fingerprint density at radius 2 is 1.69 bits per heavy atom. The molecule has 1 aromatic heterocycles. The molecule has 0 aliphatic rings. The Bertz CT molecular complexity index is 1010. The van der Waals surface area contributed by atoms with Crippen molar-refractivity contribution in [3.63, 3.8) is 0 Å². The number of carbonyl (C=O) groups excluding carboxylic acids is 1. The minimum Gasteiger partial charge on any atom is -0.497 e. The smallest absolute Gasteiger partial charge is 0.185 e. The number of nitrogens with zero attached hydrogens (tertiary/aromatic N) is 1. The third-order valence-electron chi connectivity index (χ3n) is 4.27. The molecule has 6 heteroatoms. The maximum absolute atomic E-state index is 12.4. The van der Waals surface area contributed by atoms with Gasteiger partial charge in [0.05, 0.1) is 21.3 Å². The number of benzene rings is 2. The summed E-state index contributed by atoms with van der Waals surface area (Å²) in [6, 6.07) is 16.2. The van der Waals surface area contributed by atoms with E-state index in [-0.39, 0.29) is 5.78 Å². The molecule has 3 rings (SSSR count). The largest absolute Gasteiger partial charge is 0.497 e. The average Bonchev–Trinajstić information content (AvgIpc) is 2.78. The summed E-state index contributed by atoms with van der Waals surface area (Å²) >= 11 is 0. The number of carbonyl (C=O) groups is 1. The van der Waals surface area contributed by atoms with Gasteiger partial charge in [-0.05, 0) is 60.7 Å². The van der Waals surface area contributed by atoms with E-state index in [0.717, 1.165) is 11.3 Å². The number of nitrogens with one attached hydrogen (secondary N) is 1. The first-order valence-electron chi connectivity index (χ1n) is 8.95. The standard InChI is InChI=1S/C23H22N2O4/c1-27-19-10-6-16(7-11-19)20(26)12-8-17-5-4-14-24-23(17)25-18-9-13-21(28-2)22(15-18)29-3/h4-15H,1-3H3,(H,24,25). The first kappa shape index (κ1) is 19.9. The Balaban J connectivity index is 1.79. The number of allylic oxidation sites excluding steroid dienone is 1. The maximum atomic E-state index is 12.4. The predicted molar refractivity (Wildman–Crippen MR) is 113 cm³/mol. The summed E-state index contributed by atoms with van der Waals surface area (Å²) in [5.74, 6) is 2.48. The highest BCUT2D eigenvalue weighted by molar-refractivity contribution is 6.07. The van der Waals surface area contributed by atoms with Gasteiger partial charge in [-0.15, -0.1) is 0 Å². The number of rotatable bonds is 8. The molecule has 6 nitrogen and oxygen atoms in total. The van der Waals surface area contributed by atoms with Crippen LogP contribution in [0.1, 0.15) is 15.9 Å². The first-order valence-corrected chi connectivity index (χ1v) is 8.95. The van der Waals surface area contributed by atoms with Gasteiger partial charge >= 0.3 is 0 Å². The van der Waals surface area contributed by atoms with Gasteiger partial charge in [0.2, 0.25) is 0 Å². The molecule has 0 aliphatic heterocycles. The average molecular weight is 390 g/mol.